The number of rotatable bonds is 5. The molecule has 0 radical (unpaired) electrons. The second-order valence-electron chi connectivity index (χ2n) is 6.75. The van der Waals surface area contributed by atoms with Crippen molar-refractivity contribution in [1.29, 1.82) is 0 Å². The summed E-state index contributed by atoms with van der Waals surface area (Å²) >= 11 is 0. The quantitative estimate of drug-likeness (QED) is 0.918. The van der Waals surface area contributed by atoms with Crippen molar-refractivity contribution in [3.8, 4) is 0 Å². The van der Waals surface area contributed by atoms with E-state index in [4.69, 9.17) is 9.47 Å². The van der Waals surface area contributed by atoms with Gasteiger partial charge in [0, 0.05) is 37.2 Å². The van der Waals surface area contributed by atoms with E-state index < -0.39 is 0 Å². The van der Waals surface area contributed by atoms with Gasteiger partial charge in [-0.25, -0.2) is 0 Å². The number of fused-ring (bicyclic) bond motifs is 1. The first-order valence-corrected chi connectivity index (χ1v) is 8.90. The van der Waals surface area contributed by atoms with E-state index >= 15 is 0 Å². The Bertz CT molecular complexity index is 648. The van der Waals surface area contributed by atoms with E-state index in [0.29, 0.717) is 18.8 Å². The number of aromatic nitrogens is 1. The maximum atomic E-state index is 13.1. The summed E-state index contributed by atoms with van der Waals surface area (Å²) in [5, 5.41) is 1.06. The topological polar surface area (TPSA) is 54.6 Å². The highest BCUT2D eigenvalue weighted by Crippen LogP contribution is 2.21. The molecule has 1 aromatic carbocycles. The van der Waals surface area contributed by atoms with Crippen molar-refractivity contribution in [1.82, 2.24) is 9.88 Å². The second kappa shape index (κ2) is 6.95. The molecule has 0 saturated carbocycles. The van der Waals surface area contributed by atoms with Crippen LogP contribution >= 0.6 is 0 Å². The van der Waals surface area contributed by atoms with Crippen LogP contribution in [0, 0.1) is 0 Å². The van der Waals surface area contributed by atoms with Crippen LogP contribution in [0.1, 0.15) is 36.2 Å². The van der Waals surface area contributed by atoms with Gasteiger partial charge in [-0.05, 0) is 37.8 Å². The third kappa shape index (κ3) is 3.32. The fourth-order valence-corrected chi connectivity index (χ4v) is 3.67. The van der Waals surface area contributed by atoms with Crippen molar-refractivity contribution in [2.24, 2.45) is 0 Å². The zero-order valence-corrected chi connectivity index (χ0v) is 13.9. The molecule has 2 aliphatic heterocycles. The number of hydrogen-bond donors (Lipinski definition) is 1. The number of ether oxygens (including phenoxy) is 2. The molecule has 1 N–H and O–H groups in total. The zero-order chi connectivity index (χ0) is 16.4. The molecule has 2 fully saturated rings. The Hall–Kier alpha value is -1.85. The molecule has 4 rings (SSSR count). The molecule has 2 aromatic rings. The fourth-order valence-electron chi connectivity index (χ4n) is 3.67. The molecule has 1 aromatic heterocycles. The number of benzene rings is 1. The van der Waals surface area contributed by atoms with Crippen molar-refractivity contribution in [2.45, 2.75) is 37.9 Å². The molecular weight excluding hydrogens is 304 g/mol. The van der Waals surface area contributed by atoms with Crippen LogP contribution in [0.25, 0.3) is 10.9 Å². The summed E-state index contributed by atoms with van der Waals surface area (Å²) in [5.74, 6) is 0.0391. The Morgan fingerprint density at radius 3 is 2.33 bits per heavy atom. The number of nitrogens with zero attached hydrogens (tertiary/aromatic N) is 1. The summed E-state index contributed by atoms with van der Waals surface area (Å²) in [6, 6.07) is 9.92. The van der Waals surface area contributed by atoms with Gasteiger partial charge in [0.15, 0.2) is 0 Å². The van der Waals surface area contributed by atoms with Crippen LogP contribution in [0.3, 0.4) is 0 Å². The maximum absolute atomic E-state index is 13.1. The predicted molar refractivity (Wildman–Crippen MR) is 92.2 cm³/mol. The Balaban J connectivity index is 1.54. The van der Waals surface area contributed by atoms with Gasteiger partial charge in [0.25, 0.3) is 5.91 Å². The zero-order valence-electron chi connectivity index (χ0n) is 13.9. The lowest BCUT2D eigenvalue weighted by molar-refractivity contribution is 0.0305. The van der Waals surface area contributed by atoms with Gasteiger partial charge >= 0.3 is 0 Å². The first kappa shape index (κ1) is 15.7. The molecular formula is C19H24N2O3. The Kier molecular flexibility index (Phi) is 4.54. The second-order valence-corrected chi connectivity index (χ2v) is 6.75. The normalized spacial score (nSPS) is 23.8. The largest absolute Gasteiger partial charge is 0.376 e. The summed E-state index contributed by atoms with van der Waals surface area (Å²) in [6.07, 6.45) is 4.53. The minimum Gasteiger partial charge on any atom is -0.376 e. The van der Waals surface area contributed by atoms with Crippen LogP contribution in [0.15, 0.2) is 30.3 Å². The van der Waals surface area contributed by atoms with Crippen molar-refractivity contribution in [2.75, 3.05) is 26.3 Å². The highest BCUT2D eigenvalue weighted by atomic mass is 16.5. The lowest BCUT2D eigenvalue weighted by Crippen LogP contribution is -2.42. The number of H-pyrrole nitrogens is 1. The number of hydrogen-bond acceptors (Lipinski definition) is 3. The monoisotopic (exact) mass is 328 g/mol. The molecule has 0 spiro atoms. The van der Waals surface area contributed by atoms with Crippen LogP contribution in [0.5, 0.6) is 0 Å². The highest BCUT2D eigenvalue weighted by Gasteiger charge is 2.28. The highest BCUT2D eigenvalue weighted by molar-refractivity contribution is 5.98. The molecule has 1 amide bonds. The van der Waals surface area contributed by atoms with Gasteiger partial charge < -0.3 is 19.4 Å². The molecule has 128 valence electrons. The Morgan fingerprint density at radius 1 is 1.08 bits per heavy atom. The van der Waals surface area contributed by atoms with E-state index in [1.165, 1.54) is 0 Å². The Morgan fingerprint density at radius 2 is 1.75 bits per heavy atom. The van der Waals surface area contributed by atoms with E-state index in [9.17, 15) is 4.79 Å². The lowest BCUT2D eigenvalue weighted by Gasteiger charge is -2.27. The minimum atomic E-state index is 0.0391. The summed E-state index contributed by atoms with van der Waals surface area (Å²) in [7, 11) is 0. The van der Waals surface area contributed by atoms with Crippen LogP contribution in [0.2, 0.25) is 0 Å². The predicted octanol–water partition coefficient (Wildman–Crippen LogP) is 2.97. The van der Waals surface area contributed by atoms with E-state index in [1.54, 1.807) is 0 Å². The average molecular weight is 328 g/mol. The SMILES string of the molecule is O=C(c1cc2ccccc2[nH]1)N(C[C@H]1CCCO1)C[C@@H]1CCCO1. The van der Waals surface area contributed by atoms with E-state index in [-0.39, 0.29) is 18.1 Å². The summed E-state index contributed by atoms with van der Waals surface area (Å²) in [4.78, 5) is 18.2. The van der Waals surface area contributed by atoms with Gasteiger partial charge in [-0.1, -0.05) is 18.2 Å². The van der Waals surface area contributed by atoms with E-state index in [1.807, 2.05) is 35.2 Å². The fraction of sp³-hybridized carbons (Fsp3) is 0.526. The third-order valence-corrected chi connectivity index (χ3v) is 4.94. The van der Waals surface area contributed by atoms with Gasteiger partial charge in [0.05, 0.1) is 12.2 Å². The van der Waals surface area contributed by atoms with Crippen molar-refractivity contribution in [3.63, 3.8) is 0 Å². The number of carbonyl (C=O) groups excluding carboxylic acids is 1. The third-order valence-electron chi connectivity index (χ3n) is 4.94. The number of aromatic amines is 1. The van der Waals surface area contributed by atoms with Crippen LogP contribution in [-0.4, -0.2) is 54.3 Å². The first-order chi connectivity index (χ1) is 11.8. The number of amides is 1. The molecule has 5 heteroatoms. The molecule has 0 unspecified atom stereocenters. The van der Waals surface area contributed by atoms with Gasteiger partial charge in [-0.3, -0.25) is 4.79 Å². The molecule has 0 aliphatic carbocycles. The van der Waals surface area contributed by atoms with E-state index in [2.05, 4.69) is 4.98 Å². The van der Waals surface area contributed by atoms with Gasteiger partial charge in [0.1, 0.15) is 5.69 Å². The van der Waals surface area contributed by atoms with Crippen LogP contribution in [0.4, 0.5) is 0 Å². The molecule has 2 aliphatic rings. The van der Waals surface area contributed by atoms with Crippen molar-refractivity contribution >= 4 is 16.8 Å². The molecule has 5 nitrogen and oxygen atoms in total. The van der Waals surface area contributed by atoms with Gasteiger partial charge in [-0.2, -0.15) is 0 Å². The molecule has 2 saturated heterocycles. The van der Waals surface area contributed by atoms with Crippen molar-refractivity contribution in [3.05, 3.63) is 36.0 Å². The minimum absolute atomic E-state index is 0.0391. The molecule has 24 heavy (non-hydrogen) atoms. The maximum Gasteiger partial charge on any atom is 0.270 e. The van der Waals surface area contributed by atoms with Gasteiger partial charge in [-0.15, -0.1) is 0 Å². The molecule has 2 atom stereocenters. The van der Waals surface area contributed by atoms with Gasteiger partial charge in [0.2, 0.25) is 0 Å². The smallest absolute Gasteiger partial charge is 0.270 e. The van der Waals surface area contributed by atoms with Crippen LogP contribution < -0.4 is 0 Å². The lowest BCUT2D eigenvalue weighted by atomic mass is 10.2. The summed E-state index contributed by atoms with van der Waals surface area (Å²) in [6.45, 7) is 2.90. The number of para-hydroxylation sites is 1. The average Bonchev–Trinajstić information content (AvgIpc) is 3.34. The van der Waals surface area contributed by atoms with Crippen LogP contribution in [-0.2, 0) is 9.47 Å². The van der Waals surface area contributed by atoms with E-state index in [0.717, 1.165) is 49.8 Å². The van der Waals surface area contributed by atoms with Crippen molar-refractivity contribution < 1.29 is 14.3 Å². The summed E-state index contributed by atoms with van der Waals surface area (Å²) < 4.78 is 11.5. The number of nitrogens with one attached hydrogen (secondary N) is 1. The number of carbonyl (C=O) groups is 1. The Labute approximate surface area is 141 Å². The molecule has 3 heterocycles. The first-order valence-electron chi connectivity index (χ1n) is 8.90. The summed E-state index contributed by atoms with van der Waals surface area (Å²) in [5.41, 5.74) is 1.64. The standard InChI is InChI=1S/C19H24N2O3/c22-19(18-11-14-5-1-2-8-17(14)20-18)21(12-15-6-3-9-23-15)13-16-7-4-10-24-16/h1-2,5,8,11,15-16,20H,3-4,6-7,9-10,12-13H2/t15-,16+. The molecule has 0 bridgehead atoms.